The first kappa shape index (κ1) is 17.8. The van der Waals surface area contributed by atoms with Gasteiger partial charge in [0.15, 0.2) is 0 Å². The Morgan fingerprint density at radius 3 is 2.57 bits per heavy atom. The number of carbonyl (C=O) groups is 1. The molecule has 1 saturated heterocycles. The highest BCUT2D eigenvalue weighted by Gasteiger charge is 2.13. The Labute approximate surface area is 139 Å². The molecule has 1 aromatic rings. The third kappa shape index (κ3) is 5.84. The van der Waals surface area contributed by atoms with E-state index >= 15 is 0 Å². The van der Waals surface area contributed by atoms with Gasteiger partial charge in [0.2, 0.25) is 5.91 Å². The van der Waals surface area contributed by atoms with E-state index in [0.717, 1.165) is 56.1 Å². The van der Waals surface area contributed by atoms with Crippen LogP contribution in [0.1, 0.15) is 24.5 Å². The molecular weight excluding hydrogens is 290 g/mol. The van der Waals surface area contributed by atoms with E-state index < -0.39 is 0 Å². The van der Waals surface area contributed by atoms with Crippen molar-refractivity contribution in [3.05, 3.63) is 29.3 Å². The zero-order valence-corrected chi connectivity index (χ0v) is 14.5. The van der Waals surface area contributed by atoms with Gasteiger partial charge >= 0.3 is 0 Å². The van der Waals surface area contributed by atoms with Crippen LogP contribution in [-0.4, -0.2) is 56.2 Å². The van der Waals surface area contributed by atoms with Gasteiger partial charge in [0, 0.05) is 31.4 Å². The van der Waals surface area contributed by atoms with Gasteiger partial charge in [0.25, 0.3) is 0 Å². The van der Waals surface area contributed by atoms with Crippen LogP contribution >= 0.6 is 0 Å². The van der Waals surface area contributed by atoms with Crippen molar-refractivity contribution in [2.24, 2.45) is 0 Å². The van der Waals surface area contributed by atoms with Gasteiger partial charge in [-0.15, -0.1) is 0 Å². The molecule has 0 aliphatic carbocycles. The Hall–Kier alpha value is -1.59. The van der Waals surface area contributed by atoms with Crippen LogP contribution in [0.4, 0.5) is 5.69 Å². The fourth-order valence-electron chi connectivity index (χ4n) is 2.86. The van der Waals surface area contributed by atoms with Crippen molar-refractivity contribution in [2.45, 2.75) is 33.2 Å². The number of benzene rings is 1. The lowest BCUT2D eigenvalue weighted by molar-refractivity contribution is -0.120. The number of para-hydroxylation sites is 1. The zero-order valence-electron chi connectivity index (χ0n) is 14.5. The lowest BCUT2D eigenvalue weighted by Gasteiger charge is -2.27. The number of amides is 1. The van der Waals surface area contributed by atoms with Crippen molar-refractivity contribution in [2.75, 3.05) is 44.7 Å². The van der Waals surface area contributed by atoms with Crippen LogP contribution in [0, 0.1) is 13.8 Å². The van der Waals surface area contributed by atoms with E-state index in [0.29, 0.717) is 6.54 Å². The predicted octanol–water partition coefficient (Wildman–Crippen LogP) is 1.94. The molecule has 23 heavy (non-hydrogen) atoms. The Morgan fingerprint density at radius 2 is 1.91 bits per heavy atom. The van der Waals surface area contributed by atoms with E-state index in [2.05, 4.69) is 48.4 Å². The number of morpholine rings is 1. The Kier molecular flexibility index (Phi) is 6.86. The smallest absolute Gasteiger partial charge is 0.239 e. The van der Waals surface area contributed by atoms with E-state index in [-0.39, 0.29) is 11.9 Å². The van der Waals surface area contributed by atoms with Crippen LogP contribution < -0.4 is 10.6 Å². The van der Waals surface area contributed by atoms with Crippen LogP contribution in [0.15, 0.2) is 18.2 Å². The number of rotatable bonds is 7. The normalized spacial score (nSPS) is 16.8. The molecular formula is C18H29N3O2. The molecule has 1 aliphatic rings. The SMILES string of the molecule is Cc1cccc(C)c1NCC(=O)NC(C)CCN1CCOCC1. The quantitative estimate of drug-likeness (QED) is 0.806. The van der Waals surface area contributed by atoms with E-state index in [9.17, 15) is 4.79 Å². The summed E-state index contributed by atoms with van der Waals surface area (Å²) in [5.74, 6) is 0.0436. The number of nitrogens with zero attached hydrogens (tertiary/aromatic N) is 1. The number of nitrogens with one attached hydrogen (secondary N) is 2. The van der Waals surface area contributed by atoms with E-state index in [1.54, 1.807) is 0 Å². The highest BCUT2D eigenvalue weighted by molar-refractivity contribution is 5.81. The van der Waals surface area contributed by atoms with Crippen molar-refractivity contribution in [1.29, 1.82) is 0 Å². The van der Waals surface area contributed by atoms with Crippen molar-refractivity contribution in [3.8, 4) is 0 Å². The maximum absolute atomic E-state index is 12.1. The molecule has 1 atom stereocenters. The molecule has 0 spiro atoms. The number of hydrogen-bond acceptors (Lipinski definition) is 4. The van der Waals surface area contributed by atoms with Gasteiger partial charge in [-0.2, -0.15) is 0 Å². The summed E-state index contributed by atoms with van der Waals surface area (Å²) in [5, 5.41) is 6.32. The lowest BCUT2D eigenvalue weighted by atomic mass is 10.1. The minimum Gasteiger partial charge on any atom is -0.379 e. The van der Waals surface area contributed by atoms with Crippen LogP contribution in [0.3, 0.4) is 0 Å². The third-order valence-electron chi connectivity index (χ3n) is 4.30. The topological polar surface area (TPSA) is 53.6 Å². The Morgan fingerprint density at radius 1 is 1.26 bits per heavy atom. The summed E-state index contributed by atoms with van der Waals surface area (Å²) in [6.07, 6.45) is 0.967. The molecule has 1 aliphatic heterocycles. The molecule has 5 nitrogen and oxygen atoms in total. The largest absolute Gasteiger partial charge is 0.379 e. The molecule has 128 valence electrons. The van der Waals surface area contributed by atoms with E-state index in [1.165, 1.54) is 0 Å². The average Bonchev–Trinajstić information content (AvgIpc) is 2.53. The number of hydrogen-bond donors (Lipinski definition) is 2. The Balaban J connectivity index is 1.69. The molecule has 0 radical (unpaired) electrons. The zero-order chi connectivity index (χ0) is 16.7. The summed E-state index contributed by atoms with van der Waals surface area (Å²) >= 11 is 0. The van der Waals surface area contributed by atoms with Gasteiger partial charge in [-0.25, -0.2) is 0 Å². The predicted molar refractivity (Wildman–Crippen MR) is 93.9 cm³/mol. The first-order valence-electron chi connectivity index (χ1n) is 8.46. The third-order valence-corrected chi connectivity index (χ3v) is 4.30. The fraction of sp³-hybridized carbons (Fsp3) is 0.611. The molecule has 1 unspecified atom stereocenters. The summed E-state index contributed by atoms with van der Waals surface area (Å²) in [6, 6.07) is 6.32. The standard InChI is InChI=1S/C18H29N3O2/c1-14-5-4-6-15(2)18(14)19-13-17(22)20-16(3)7-8-21-9-11-23-12-10-21/h4-6,16,19H,7-13H2,1-3H3,(H,20,22). The number of anilines is 1. The van der Waals surface area contributed by atoms with Crippen LogP contribution in [-0.2, 0) is 9.53 Å². The number of carbonyl (C=O) groups excluding carboxylic acids is 1. The summed E-state index contributed by atoms with van der Waals surface area (Å²) in [4.78, 5) is 14.5. The summed E-state index contributed by atoms with van der Waals surface area (Å²) in [5.41, 5.74) is 3.39. The van der Waals surface area contributed by atoms with E-state index in [4.69, 9.17) is 4.74 Å². The van der Waals surface area contributed by atoms with Gasteiger partial charge in [0.05, 0.1) is 19.8 Å². The molecule has 2 N–H and O–H groups in total. The maximum atomic E-state index is 12.1. The Bertz CT molecular complexity index is 493. The van der Waals surface area contributed by atoms with Gasteiger partial charge < -0.3 is 15.4 Å². The molecule has 0 bridgehead atoms. The van der Waals surface area contributed by atoms with Crippen molar-refractivity contribution >= 4 is 11.6 Å². The molecule has 5 heteroatoms. The molecule has 0 saturated carbocycles. The molecule has 1 aromatic carbocycles. The van der Waals surface area contributed by atoms with Crippen molar-refractivity contribution in [3.63, 3.8) is 0 Å². The lowest BCUT2D eigenvalue weighted by Crippen LogP contribution is -2.41. The number of aryl methyl sites for hydroxylation is 2. The first-order chi connectivity index (χ1) is 11.1. The summed E-state index contributed by atoms with van der Waals surface area (Å²) in [7, 11) is 0. The molecule has 1 heterocycles. The molecule has 2 rings (SSSR count). The van der Waals surface area contributed by atoms with Crippen LogP contribution in [0.2, 0.25) is 0 Å². The van der Waals surface area contributed by atoms with Gasteiger partial charge in [-0.05, 0) is 38.3 Å². The fourth-order valence-corrected chi connectivity index (χ4v) is 2.86. The van der Waals surface area contributed by atoms with Crippen molar-refractivity contribution < 1.29 is 9.53 Å². The van der Waals surface area contributed by atoms with E-state index in [1.807, 2.05) is 6.07 Å². The van der Waals surface area contributed by atoms with Crippen LogP contribution in [0.25, 0.3) is 0 Å². The minimum atomic E-state index is 0.0436. The summed E-state index contributed by atoms with van der Waals surface area (Å²) < 4.78 is 5.34. The number of ether oxygens (including phenoxy) is 1. The highest BCUT2D eigenvalue weighted by atomic mass is 16.5. The van der Waals surface area contributed by atoms with Crippen LogP contribution in [0.5, 0.6) is 0 Å². The second-order valence-electron chi connectivity index (χ2n) is 6.33. The van der Waals surface area contributed by atoms with Gasteiger partial charge in [-0.1, -0.05) is 18.2 Å². The first-order valence-corrected chi connectivity index (χ1v) is 8.46. The monoisotopic (exact) mass is 319 g/mol. The summed E-state index contributed by atoms with van der Waals surface area (Å²) in [6.45, 7) is 11.1. The molecule has 1 fully saturated rings. The molecule has 1 amide bonds. The minimum absolute atomic E-state index is 0.0436. The second kappa shape index (κ2) is 8.89. The molecule has 0 aromatic heterocycles. The van der Waals surface area contributed by atoms with Gasteiger partial charge in [0.1, 0.15) is 0 Å². The average molecular weight is 319 g/mol. The van der Waals surface area contributed by atoms with Gasteiger partial charge in [-0.3, -0.25) is 9.69 Å². The van der Waals surface area contributed by atoms with Crippen molar-refractivity contribution in [1.82, 2.24) is 10.2 Å². The highest BCUT2D eigenvalue weighted by Crippen LogP contribution is 2.18. The maximum Gasteiger partial charge on any atom is 0.239 e. The second-order valence-corrected chi connectivity index (χ2v) is 6.33.